The number of carbonyl (C=O) groups is 1. The maximum atomic E-state index is 11.2. The molecule has 0 aromatic rings. The maximum absolute atomic E-state index is 11.2. The zero-order valence-corrected chi connectivity index (χ0v) is 9.53. The molecule has 0 radical (unpaired) electrons. The largest absolute Gasteiger partial charge is 0.355 e. The lowest BCUT2D eigenvalue weighted by Crippen LogP contribution is -2.31. The molecule has 0 aromatic heterocycles. The Kier molecular flexibility index (Phi) is 7.06. The van der Waals surface area contributed by atoms with E-state index in [0.29, 0.717) is 18.9 Å². The molecule has 0 saturated carbocycles. The molecule has 0 bridgehead atoms. The van der Waals surface area contributed by atoms with Crippen molar-refractivity contribution in [3.63, 3.8) is 0 Å². The average molecular weight is 206 g/mol. The summed E-state index contributed by atoms with van der Waals surface area (Å²) in [5, 5.41) is 2.87. The van der Waals surface area contributed by atoms with Crippen LogP contribution in [0.4, 0.5) is 0 Å². The number of unbranched alkanes of at least 4 members (excludes halogenated alkanes) is 1. The summed E-state index contributed by atoms with van der Waals surface area (Å²) in [6.07, 6.45) is 2.64. The van der Waals surface area contributed by atoms with E-state index in [2.05, 4.69) is 26.1 Å². The minimum atomic E-state index is 0.0468. The number of carbonyl (C=O) groups excluding carboxylic acids is 1. The highest BCUT2D eigenvalue weighted by Gasteiger charge is 2.10. The second-order valence-corrected chi connectivity index (χ2v) is 4.23. The molecule has 0 aromatic carbocycles. The lowest BCUT2D eigenvalue weighted by molar-refractivity contribution is -0.121. The summed E-state index contributed by atoms with van der Waals surface area (Å²) in [7, 11) is 0. The Morgan fingerprint density at radius 3 is 2.54 bits per heavy atom. The van der Waals surface area contributed by atoms with E-state index in [1.807, 2.05) is 0 Å². The summed E-state index contributed by atoms with van der Waals surface area (Å²) in [5.41, 5.74) is 0. The summed E-state index contributed by atoms with van der Waals surface area (Å²) >= 11 is 5.98. The van der Waals surface area contributed by atoms with Gasteiger partial charge < -0.3 is 5.32 Å². The predicted molar refractivity (Wildman–Crippen MR) is 57.0 cm³/mol. The third kappa shape index (κ3) is 6.88. The van der Waals surface area contributed by atoms with Gasteiger partial charge in [-0.1, -0.05) is 27.2 Å². The fourth-order valence-electron chi connectivity index (χ4n) is 0.873. The lowest BCUT2D eigenvalue weighted by Gasteiger charge is -2.13. The van der Waals surface area contributed by atoms with Crippen LogP contribution in [0.3, 0.4) is 0 Å². The van der Waals surface area contributed by atoms with Crippen LogP contribution in [0.15, 0.2) is 0 Å². The Morgan fingerprint density at radius 1 is 1.46 bits per heavy atom. The first kappa shape index (κ1) is 12.8. The number of hydrogen-bond donors (Lipinski definition) is 1. The molecular weight excluding hydrogens is 186 g/mol. The molecule has 0 rings (SSSR count). The number of hydrogen-bond acceptors (Lipinski definition) is 1. The minimum Gasteiger partial charge on any atom is -0.355 e. The van der Waals surface area contributed by atoms with Crippen LogP contribution in [0.1, 0.15) is 40.0 Å². The summed E-state index contributed by atoms with van der Waals surface area (Å²) in [5.74, 6) is 0.529. The van der Waals surface area contributed by atoms with Crippen molar-refractivity contribution in [1.29, 1.82) is 0 Å². The molecule has 0 aliphatic rings. The highest BCUT2D eigenvalue weighted by Crippen LogP contribution is 2.07. The smallest absolute Gasteiger partial charge is 0.220 e. The number of rotatable bonds is 6. The van der Waals surface area contributed by atoms with Crippen LogP contribution in [0, 0.1) is 5.92 Å². The Hall–Kier alpha value is -0.240. The van der Waals surface area contributed by atoms with Crippen molar-refractivity contribution < 1.29 is 4.79 Å². The second-order valence-electron chi connectivity index (χ2n) is 3.67. The van der Waals surface area contributed by atoms with Crippen molar-refractivity contribution in [3.8, 4) is 0 Å². The molecule has 1 unspecified atom stereocenters. The maximum Gasteiger partial charge on any atom is 0.220 e. The molecule has 78 valence electrons. The Labute approximate surface area is 86.0 Å². The monoisotopic (exact) mass is 205 g/mol. The number of nitrogens with one attached hydrogen (secondary N) is 1. The third-order valence-electron chi connectivity index (χ3n) is 1.98. The zero-order valence-electron chi connectivity index (χ0n) is 8.77. The van der Waals surface area contributed by atoms with Crippen molar-refractivity contribution in [2.24, 2.45) is 5.92 Å². The first-order valence-electron chi connectivity index (χ1n) is 4.98. The van der Waals surface area contributed by atoms with E-state index in [1.54, 1.807) is 0 Å². The van der Waals surface area contributed by atoms with Crippen molar-refractivity contribution in [2.45, 2.75) is 45.4 Å². The van der Waals surface area contributed by atoms with Gasteiger partial charge in [-0.2, -0.15) is 0 Å². The predicted octanol–water partition coefficient (Wildman–Crippen LogP) is 2.56. The van der Waals surface area contributed by atoms with Crippen molar-refractivity contribution in [3.05, 3.63) is 0 Å². The van der Waals surface area contributed by atoms with Crippen molar-refractivity contribution >= 4 is 17.5 Å². The first-order valence-corrected chi connectivity index (χ1v) is 5.42. The quantitative estimate of drug-likeness (QED) is 0.664. The van der Waals surface area contributed by atoms with Gasteiger partial charge in [-0.25, -0.2) is 0 Å². The molecule has 0 saturated heterocycles. The summed E-state index contributed by atoms with van der Waals surface area (Å²) in [6, 6.07) is 0. The molecule has 1 amide bonds. The molecule has 1 atom stereocenters. The van der Waals surface area contributed by atoms with E-state index in [9.17, 15) is 4.79 Å². The minimum absolute atomic E-state index is 0.0468. The Bertz CT molecular complexity index is 148. The molecule has 2 nitrogen and oxygen atoms in total. The molecule has 1 N–H and O–H groups in total. The Balaban J connectivity index is 3.46. The van der Waals surface area contributed by atoms with Gasteiger partial charge >= 0.3 is 0 Å². The Morgan fingerprint density at radius 2 is 2.08 bits per heavy atom. The molecule has 13 heavy (non-hydrogen) atoms. The van der Waals surface area contributed by atoms with E-state index < -0.39 is 0 Å². The van der Waals surface area contributed by atoms with Gasteiger partial charge in [0.2, 0.25) is 5.91 Å². The fourth-order valence-corrected chi connectivity index (χ4v) is 0.950. The molecule has 0 fully saturated rings. The highest BCUT2D eigenvalue weighted by atomic mass is 35.5. The van der Waals surface area contributed by atoms with Crippen LogP contribution in [0.25, 0.3) is 0 Å². The third-order valence-corrected chi connectivity index (χ3v) is 2.63. The van der Waals surface area contributed by atoms with Crippen LogP contribution < -0.4 is 5.32 Å². The van der Waals surface area contributed by atoms with Gasteiger partial charge in [0.15, 0.2) is 0 Å². The highest BCUT2D eigenvalue weighted by molar-refractivity contribution is 6.21. The molecule has 3 heteroatoms. The van der Waals surface area contributed by atoms with Crippen LogP contribution in [0.2, 0.25) is 0 Å². The first-order chi connectivity index (χ1) is 6.07. The van der Waals surface area contributed by atoms with Crippen molar-refractivity contribution in [2.75, 3.05) is 6.54 Å². The van der Waals surface area contributed by atoms with Gasteiger partial charge in [-0.3, -0.25) is 4.79 Å². The van der Waals surface area contributed by atoms with Crippen LogP contribution >= 0.6 is 11.6 Å². The van der Waals surface area contributed by atoms with Crippen LogP contribution in [-0.4, -0.2) is 17.8 Å². The fraction of sp³-hybridized carbons (Fsp3) is 0.900. The van der Waals surface area contributed by atoms with Gasteiger partial charge in [-0.05, 0) is 12.3 Å². The second kappa shape index (κ2) is 7.19. The van der Waals surface area contributed by atoms with Crippen LogP contribution in [-0.2, 0) is 4.79 Å². The zero-order chi connectivity index (χ0) is 10.3. The molecule has 0 heterocycles. The van der Waals surface area contributed by atoms with E-state index in [-0.39, 0.29) is 11.3 Å². The molecule has 0 aliphatic carbocycles. The average Bonchev–Trinajstić information content (AvgIpc) is 2.10. The lowest BCUT2D eigenvalue weighted by atomic mass is 10.1. The number of amides is 1. The van der Waals surface area contributed by atoms with Gasteiger partial charge in [0.1, 0.15) is 0 Å². The van der Waals surface area contributed by atoms with E-state index >= 15 is 0 Å². The van der Waals surface area contributed by atoms with Gasteiger partial charge in [-0.15, -0.1) is 11.6 Å². The van der Waals surface area contributed by atoms with Gasteiger partial charge in [0, 0.05) is 13.0 Å². The van der Waals surface area contributed by atoms with Gasteiger partial charge in [0.25, 0.3) is 0 Å². The number of alkyl halides is 1. The summed E-state index contributed by atoms with van der Waals surface area (Å²) in [4.78, 5) is 11.2. The molecule has 0 aliphatic heterocycles. The summed E-state index contributed by atoms with van der Waals surface area (Å²) in [6.45, 7) is 6.76. The topological polar surface area (TPSA) is 29.1 Å². The normalized spacial score (nSPS) is 13.0. The van der Waals surface area contributed by atoms with E-state index in [4.69, 9.17) is 11.6 Å². The molecule has 0 spiro atoms. The number of halogens is 1. The summed E-state index contributed by atoms with van der Waals surface area (Å²) < 4.78 is 0. The van der Waals surface area contributed by atoms with Crippen LogP contribution in [0.5, 0.6) is 0 Å². The SMILES string of the molecule is CCCCC(=O)NCC(Cl)C(C)C. The van der Waals surface area contributed by atoms with E-state index in [0.717, 1.165) is 12.8 Å². The van der Waals surface area contributed by atoms with Gasteiger partial charge in [0.05, 0.1) is 5.38 Å². The molecular formula is C10H20ClNO. The standard InChI is InChI=1S/C10H20ClNO/c1-4-5-6-10(13)12-7-9(11)8(2)3/h8-9H,4-7H2,1-3H3,(H,12,13). The van der Waals surface area contributed by atoms with Crippen molar-refractivity contribution in [1.82, 2.24) is 5.32 Å². The van der Waals surface area contributed by atoms with E-state index in [1.165, 1.54) is 0 Å².